The number of ether oxygens (including phenoxy) is 1. The van der Waals surface area contributed by atoms with Crippen LogP contribution in [0.2, 0.25) is 0 Å². The van der Waals surface area contributed by atoms with Crippen molar-refractivity contribution in [3.63, 3.8) is 0 Å². The van der Waals surface area contributed by atoms with Crippen LogP contribution < -0.4 is 26.8 Å². The van der Waals surface area contributed by atoms with Gasteiger partial charge in [-0.25, -0.2) is 14.8 Å². The molecule has 1 saturated carbocycles. The average Bonchev–Trinajstić information content (AvgIpc) is 3.29. The highest BCUT2D eigenvalue weighted by atomic mass is 16.6. The number of nitrogens with two attached hydrogens (primary N) is 1. The van der Waals surface area contributed by atoms with Gasteiger partial charge in [-0.2, -0.15) is 9.61 Å². The lowest BCUT2D eigenvalue weighted by molar-refractivity contribution is 0.0587. The Labute approximate surface area is 231 Å². The smallest absolute Gasteiger partial charge is 0.415 e. The van der Waals surface area contributed by atoms with Crippen molar-refractivity contribution in [3.8, 4) is 0 Å². The van der Waals surface area contributed by atoms with E-state index in [0.29, 0.717) is 11.6 Å². The second-order valence-electron chi connectivity index (χ2n) is 10.9. The number of hydrogen-bond acceptors (Lipinski definition) is 8. The molecule has 3 aromatic heterocycles. The maximum atomic E-state index is 13.2. The highest BCUT2D eigenvalue weighted by molar-refractivity contribution is 6.00. The van der Waals surface area contributed by atoms with Gasteiger partial charge in [0.25, 0.3) is 11.5 Å². The first-order valence-electron chi connectivity index (χ1n) is 12.9. The highest BCUT2D eigenvalue weighted by Gasteiger charge is 2.30. The summed E-state index contributed by atoms with van der Waals surface area (Å²) in [4.78, 5) is 49.2. The number of rotatable bonds is 6. The lowest BCUT2D eigenvalue weighted by Crippen LogP contribution is -2.45. The second-order valence-corrected chi connectivity index (χ2v) is 10.9. The SMILES string of the molecule is C=C(C)N=C(N)n1cccc(Nc2cc(N(C)C(=O)OC(C)(C)C)n3ncc(C(=O)NC4CC[C@H]4C)c3n2)c1=O. The Bertz CT molecular complexity index is 1560. The number of fused-ring (bicyclic) bond motifs is 1. The largest absolute Gasteiger partial charge is 0.443 e. The Morgan fingerprint density at radius 2 is 2.02 bits per heavy atom. The third kappa shape index (κ3) is 5.98. The van der Waals surface area contributed by atoms with Crippen molar-refractivity contribution in [1.82, 2.24) is 24.5 Å². The summed E-state index contributed by atoms with van der Waals surface area (Å²) in [5, 5.41) is 10.4. The van der Waals surface area contributed by atoms with E-state index in [1.165, 1.54) is 39.5 Å². The quantitative estimate of drug-likeness (QED) is 0.312. The highest BCUT2D eigenvalue weighted by Crippen LogP contribution is 2.28. The van der Waals surface area contributed by atoms with Gasteiger partial charge < -0.3 is 21.1 Å². The summed E-state index contributed by atoms with van der Waals surface area (Å²) in [6.45, 7) is 12.7. The zero-order valence-electron chi connectivity index (χ0n) is 23.6. The van der Waals surface area contributed by atoms with Crippen molar-refractivity contribution in [2.45, 2.75) is 59.1 Å². The average molecular weight is 550 g/mol. The number of aromatic nitrogens is 4. The third-order valence-electron chi connectivity index (χ3n) is 6.41. The fourth-order valence-corrected chi connectivity index (χ4v) is 4.12. The van der Waals surface area contributed by atoms with Crippen LogP contribution in [0.4, 0.5) is 22.1 Å². The number of amides is 2. The van der Waals surface area contributed by atoms with E-state index >= 15 is 0 Å². The molecule has 0 spiro atoms. The Balaban J connectivity index is 1.79. The first-order valence-corrected chi connectivity index (χ1v) is 12.9. The predicted octanol–water partition coefficient (Wildman–Crippen LogP) is 3.23. The van der Waals surface area contributed by atoms with Crippen LogP contribution in [0.3, 0.4) is 0 Å². The number of anilines is 3. The molecule has 0 bridgehead atoms. The fourth-order valence-electron chi connectivity index (χ4n) is 4.12. The molecule has 1 aliphatic carbocycles. The topological polar surface area (TPSA) is 161 Å². The molecule has 40 heavy (non-hydrogen) atoms. The summed E-state index contributed by atoms with van der Waals surface area (Å²) < 4.78 is 8.08. The first kappa shape index (κ1) is 28.3. The van der Waals surface area contributed by atoms with Crippen LogP contribution in [0.15, 0.2) is 52.7 Å². The van der Waals surface area contributed by atoms with Gasteiger partial charge in [-0.05, 0) is 58.6 Å². The van der Waals surface area contributed by atoms with Gasteiger partial charge in [0.15, 0.2) is 5.65 Å². The van der Waals surface area contributed by atoms with Crippen LogP contribution >= 0.6 is 0 Å². The fraction of sp³-hybridized carbons (Fsp3) is 0.407. The zero-order chi connectivity index (χ0) is 29.4. The molecule has 3 aromatic rings. The molecule has 4 N–H and O–H groups in total. The van der Waals surface area contributed by atoms with Crippen LogP contribution in [0.25, 0.3) is 5.65 Å². The molecule has 3 heterocycles. The maximum absolute atomic E-state index is 13.2. The molecule has 0 aliphatic heterocycles. The van der Waals surface area contributed by atoms with Gasteiger partial charge in [0, 0.05) is 31.0 Å². The van der Waals surface area contributed by atoms with E-state index in [1.807, 2.05) is 0 Å². The number of hydrogen-bond donors (Lipinski definition) is 3. The van der Waals surface area contributed by atoms with Crippen LogP contribution in [0.1, 0.15) is 57.8 Å². The van der Waals surface area contributed by atoms with E-state index in [4.69, 9.17) is 10.5 Å². The summed E-state index contributed by atoms with van der Waals surface area (Å²) in [6.07, 6.45) is 4.20. The van der Waals surface area contributed by atoms with E-state index in [0.717, 1.165) is 12.8 Å². The van der Waals surface area contributed by atoms with Crippen molar-refractivity contribution in [1.29, 1.82) is 0 Å². The van der Waals surface area contributed by atoms with Crippen molar-refractivity contribution in [3.05, 3.63) is 58.8 Å². The molecule has 212 valence electrons. The molecule has 13 nitrogen and oxygen atoms in total. The number of carbonyl (C=O) groups is 2. The molecule has 4 rings (SSSR count). The number of pyridine rings is 1. The monoisotopic (exact) mass is 549 g/mol. The minimum atomic E-state index is -0.742. The molecule has 1 fully saturated rings. The number of carbonyl (C=O) groups excluding carboxylic acids is 2. The van der Waals surface area contributed by atoms with E-state index in [2.05, 4.69) is 39.2 Å². The number of allylic oxidation sites excluding steroid dienone is 1. The van der Waals surface area contributed by atoms with Gasteiger partial charge in [-0.1, -0.05) is 13.5 Å². The van der Waals surface area contributed by atoms with Crippen LogP contribution in [-0.2, 0) is 4.74 Å². The Morgan fingerprint density at radius 1 is 1.30 bits per heavy atom. The predicted molar refractivity (Wildman–Crippen MR) is 153 cm³/mol. The van der Waals surface area contributed by atoms with Crippen molar-refractivity contribution in [2.24, 2.45) is 16.6 Å². The Morgan fingerprint density at radius 3 is 2.62 bits per heavy atom. The molecule has 13 heteroatoms. The lowest BCUT2D eigenvalue weighted by atomic mass is 9.81. The van der Waals surface area contributed by atoms with Gasteiger partial charge in [-0.3, -0.25) is 19.1 Å². The molecule has 0 saturated heterocycles. The lowest BCUT2D eigenvalue weighted by Gasteiger charge is -2.34. The van der Waals surface area contributed by atoms with Crippen LogP contribution in [0, 0.1) is 5.92 Å². The molecule has 1 aliphatic rings. The van der Waals surface area contributed by atoms with E-state index < -0.39 is 17.3 Å². The number of aliphatic imine (C=N–C) groups is 1. The summed E-state index contributed by atoms with van der Waals surface area (Å²) in [6, 6.07) is 4.77. The molecule has 2 atom stereocenters. The normalized spacial score (nSPS) is 17.2. The summed E-state index contributed by atoms with van der Waals surface area (Å²) in [5.74, 6) is 0.459. The van der Waals surface area contributed by atoms with Gasteiger partial charge in [-0.15, -0.1) is 0 Å². The standard InChI is InChI=1S/C27H35N9O4/c1-15(2)30-25(28)35-12-8-9-19(24(35)38)31-20-13-21(34(7)26(39)40-27(4,5)6)36-22(33-20)17(14-29-36)23(37)32-18-11-10-16(18)3/h8-9,12-14,16,18H,1,10-11H2,2-7H3,(H2,28,30)(H,31,33)(H,32,37)/t16-,18?/m1/s1. The van der Waals surface area contributed by atoms with Crippen molar-refractivity contribution in [2.75, 3.05) is 17.3 Å². The first-order chi connectivity index (χ1) is 18.7. The second kappa shape index (κ2) is 10.8. The zero-order valence-corrected chi connectivity index (χ0v) is 23.6. The minimum absolute atomic E-state index is 0.0464. The van der Waals surface area contributed by atoms with Gasteiger partial charge in [0.05, 0.1) is 6.20 Å². The number of nitrogens with one attached hydrogen (secondary N) is 2. The van der Waals surface area contributed by atoms with E-state index in [-0.39, 0.29) is 46.4 Å². The minimum Gasteiger partial charge on any atom is -0.443 e. The van der Waals surface area contributed by atoms with Crippen LogP contribution in [-0.4, -0.2) is 55.8 Å². The summed E-state index contributed by atoms with van der Waals surface area (Å²) >= 11 is 0. The molecule has 0 aromatic carbocycles. The van der Waals surface area contributed by atoms with Crippen molar-refractivity contribution < 1.29 is 14.3 Å². The maximum Gasteiger partial charge on any atom is 0.415 e. The number of nitrogens with zero attached hydrogens (tertiary/aromatic N) is 6. The molecular formula is C27H35N9O4. The molecule has 1 unspecified atom stereocenters. The van der Waals surface area contributed by atoms with Gasteiger partial charge >= 0.3 is 6.09 Å². The third-order valence-corrected chi connectivity index (χ3v) is 6.41. The van der Waals surface area contributed by atoms with Gasteiger partial charge in [0.1, 0.15) is 28.5 Å². The van der Waals surface area contributed by atoms with Gasteiger partial charge in [0.2, 0.25) is 5.96 Å². The summed E-state index contributed by atoms with van der Waals surface area (Å²) in [5.41, 5.74) is 5.75. The van der Waals surface area contributed by atoms with E-state index in [1.54, 1.807) is 39.8 Å². The van der Waals surface area contributed by atoms with Crippen LogP contribution in [0.5, 0.6) is 0 Å². The molecular weight excluding hydrogens is 514 g/mol. The van der Waals surface area contributed by atoms with E-state index in [9.17, 15) is 14.4 Å². The molecule has 0 radical (unpaired) electrons. The Kier molecular flexibility index (Phi) is 7.67. The van der Waals surface area contributed by atoms with Crippen molar-refractivity contribution >= 4 is 40.9 Å². The molecule has 2 amide bonds. The Hall–Kier alpha value is -4.68. The summed E-state index contributed by atoms with van der Waals surface area (Å²) in [7, 11) is 1.52.